The fourth-order valence-corrected chi connectivity index (χ4v) is 0.730. The maximum Gasteiger partial charge on any atom is 0.339 e. The van der Waals surface area contributed by atoms with Gasteiger partial charge < -0.3 is 15.9 Å². The molecule has 5 heteroatoms. The summed E-state index contributed by atoms with van der Waals surface area (Å²) in [5.41, 5.74) is 5.48. The second kappa shape index (κ2) is 4.83. The molecule has 0 aliphatic rings. The van der Waals surface area contributed by atoms with Gasteiger partial charge in [-0.2, -0.15) is 0 Å². The number of phenols is 1. The number of carboxylic acid groups (broad SMARTS) is 1. The number of carbonyl (C=O) groups is 1. The van der Waals surface area contributed by atoms with Crippen LogP contribution in [0.4, 0.5) is 5.69 Å². The monoisotopic (exact) mass is 192 g/mol. The van der Waals surface area contributed by atoms with Gasteiger partial charge in [0.25, 0.3) is 0 Å². The van der Waals surface area contributed by atoms with Crippen LogP contribution in [0.25, 0.3) is 0 Å². The van der Waals surface area contributed by atoms with Crippen LogP contribution in [0, 0.1) is 0 Å². The molecule has 0 aliphatic heterocycles. The number of hydrogen-bond donors (Lipinski definition) is 3. The van der Waals surface area contributed by atoms with Crippen LogP contribution >= 0.6 is 0 Å². The average Bonchev–Trinajstić information content (AvgIpc) is 1.85. The van der Waals surface area contributed by atoms with Crippen molar-refractivity contribution >= 4 is 63.0 Å². The minimum absolute atomic E-state index is 0. The van der Waals surface area contributed by atoms with E-state index in [1.54, 1.807) is 0 Å². The molecule has 1 aromatic rings. The maximum atomic E-state index is 10.3. The summed E-state index contributed by atoms with van der Waals surface area (Å²) in [5, 5.41) is 17.5. The largest absolute Gasteiger partial charge is 0.507 e. The Morgan fingerprint density at radius 1 is 1.42 bits per heavy atom. The molecule has 0 unspecified atom stereocenters. The zero-order chi connectivity index (χ0) is 8.43. The minimum Gasteiger partial charge on any atom is -0.507 e. The Labute approximate surface area is 112 Å². The van der Waals surface area contributed by atoms with E-state index in [0.717, 1.165) is 0 Å². The van der Waals surface area contributed by atoms with Crippen molar-refractivity contribution in [2.45, 2.75) is 0 Å². The first kappa shape index (κ1) is 11.9. The van der Waals surface area contributed by atoms with Gasteiger partial charge in [0.05, 0.1) is 0 Å². The smallest absolute Gasteiger partial charge is 0.339 e. The quantitative estimate of drug-likeness (QED) is 0.441. The molecule has 0 atom stereocenters. The van der Waals surface area contributed by atoms with Crippen LogP contribution in [0.3, 0.4) is 0 Å². The summed E-state index contributed by atoms with van der Waals surface area (Å²) in [7, 11) is 0. The number of aromatic carboxylic acids is 1. The fraction of sp³-hybridized carbons (Fsp3) is 0. The van der Waals surface area contributed by atoms with Gasteiger partial charge in [0.2, 0.25) is 0 Å². The van der Waals surface area contributed by atoms with Crippen LogP contribution in [0.2, 0.25) is 0 Å². The predicted octanol–water partition coefficient (Wildman–Crippen LogP) is 0.292. The van der Waals surface area contributed by atoms with Crippen molar-refractivity contribution in [2.75, 3.05) is 5.73 Å². The van der Waals surface area contributed by atoms with Crippen LogP contribution in [0.1, 0.15) is 10.4 Å². The number of hydrogen-bond acceptors (Lipinski definition) is 3. The van der Waals surface area contributed by atoms with Crippen LogP contribution in [-0.4, -0.2) is 67.6 Å². The van der Waals surface area contributed by atoms with Crippen molar-refractivity contribution in [3.05, 3.63) is 23.8 Å². The molecule has 0 heterocycles. The van der Waals surface area contributed by atoms with E-state index < -0.39 is 5.97 Å². The average molecular weight is 192 g/mol. The summed E-state index contributed by atoms with van der Waals surface area (Å²) < 4.78 is 0. The molecule has 4 nitrogen and oxygen atoms in total. The molecule has 0 saturated heterocycles. The van der Waals surface area contributed by atoms with E-state index in [2.05, 4.69) is 0 Å². The van der Waals surface area contributed by atoms with Gasteiger partial charge in [-0.1, -0.05) is 0 Å². The number of rotatable bonds is 1. The molecule has 0 saturated carbocycles. The van der Waals surface area contributed by atoms with Crippen molar-refractivity contribution in [1.82, 2.24) is 0 Å². The van der Waals surface area contributed by atoms with E-state index in [4.69, 9.17) is 15.9 Å². The SMILES string of the molecule is Nc1ccc(C(=O)O)c(O)c1.[K]. The first-order valence-corrected chi connectivity index (χ1v) is 2.93. The molecule has 0 spiro atoms. The van der Waals surface area contributed by atoms with Gasteiger partial charge >= 0.3 is 5.97 Å². The molecule has 0 aromatic heterocycles. The third kappa shape index (κ3) is 2.76. The van der Waals surface area contributed by atoms with Crippen LogP contribution < -0.4 is 5.73 Å². The second-order valence-corrected chi connectivity index (χ2v) is 2.08. The molecule has 0 amide bonds. The Kier molecular flexibility index (Phi) is 4.80. The summed E-state index contributed by atoms with van der Waals surface area (Å²) in [5.74, 6) is -1.47. The van der Waals surface area contributed by atoms with Crippen LogP contribution in [0.5, 0.6) is 5.75 Å². The molecule has 12 heavy (non-hydrogen) atoms. The van der Waals surface area contributed by atoms with Crippen molar-refractivity contribution in [1.29, 1.82) is 0 Å². The van der Waals surface area contributed by atoms with Crippen molar-refractivity contribution in [3.63, 3.8) is 0 Å². The Morgan fingerprint density at radius 3 is 2.42 bits per heavy atom. The first-order chi connectivity index (χ1) is 5.11. The van der Waals surface area contributed by atoms with E-state index >= 15 is 0 Å². The zero-order valence-electron chi connectivity index (χ0n) is 6.61. The molecule has 4 N–H and O–H groups in total. The first-order valence-electron chi connectivity index (χ1n) is 2.93. The van der Waals surface area contributed by atoms with Gasteiger partial charge in [0, 0.05) is 63.1 Å². The molecule has 59 valence electrons. The van der Waals surface area contributed by atoms with Gasteiger partial charge in [0.1, 0.15) is 11.3 Å². The van der Waals surface area contributed by atoms with Crippen molar-refractivity contribution in [3.8, 4) is 5.75 Å². The molecule has 0 aliphatic carbocycles. The minimum atomic E-state index is -1.16. The summed E-state index contributed by atoms with van der Waals surface area (Å²) in [6.07, 6.45) is 0. The molecular formula is C7H7KNO3. The predicted molar refractivity (Wildman–Crippen MR) is 45.2 cm³/mol. The van der Waals surface area contributed by atoms with Crippen LogP contribution in [0.15, 0.2) is 18.2 Å². The van der Waals surface area contributed by atoms with Gasteiger partial charge in [0.15, 0.2) is 0 Å². The molecule has 0 bridgehead atoms. The number of aromatic hydroxyl groups is 1. The number of anilines is 1. The van der Waals surface area contributed by atoms with Crippen molar-refractivity contribution < 1.29 is 15.0 Å². The van der Waals surface area contributed by atoms with E-state index in [-0.39, 0.29) is 62.7 Å². The molecule has 0 fully saturated rings. The standard InChI is InChI=1S/C7H7NO3.K/c8-4-1-2-5(7(10)11)6(9)3-4;/h1-3,9H,8H2,(H,10,11);. The second-order valence-electron chi connectivity index (χ2n) is 2.08. The maximum absolute atomic E-state index is 10.3. The van der Waals surface area contributed by atoms with E-state index in [1.165, 1.54) is 18.2 Å². The Morgan fingerprint density at radius 2 is 2.00 bits per heavy atom. The number of nitrogens with two attached hydrogens (primary N) is 1. The van der Waals surface area contributed by atoms with Crippen molar-refractivity contribution in [2.24, 2.45) is 0 Å². The summed E-state index contributed by atoms with van der Waals surface area (Å²) in [6.45, 7) is 0. The zero-order valence-corrected chi connectivity index (χ0v) is 9.74. The van der Waals surface area contributed by atoms with Crippen LogP contribution in [-0.2, 0) is 0 Å². The van der Waals surface area contributed by atoms with Gasteiger partial charge in [-0.3, -0.25) is 0 Å². The normalized spacial score (nSPS) is 8.67. The molecule has 1 rings (SSSR count). The summed E-state index contributed by atoms with van der Waals surface area (Å²) >= 11 is 0. The Hall–Kier alpha value is -0.0736. The Balaban J connectivity index is 0.00000121. The van der Waals surface area contributed by atoms with Gasteiger partial charge in [-0.05, 0) is 12.1 Å². The van der Waals surface area contributed by atoms with Gasteiger partial charge in [-0.15, -0.1) is 0 Å². The third-order valence-electron chi connectivity index (χ3n) is 1.25. The summed E-state index contributed by atoms with van der Waals surface area (Å²) in [4.78, 5) is 10.3. The molecule has 1 aromatic carbocycles. The van der Waals surface area contributed by atoms with Gasteiger partial charge in [-0.25, -0.2) is 4.79 Å². The topological polar surface area (TPSA) is 83.6 Å². The third-order valence-corrected chi connectivity index (χ3v) is 1.25. The molecule has 1 radical (unpaired) electrons. The molecular weight excluding hydrogens is 185 g/mol. The van der Waals surface area contributed by atoms with E-state index in [1.807, 2.05) is 0 Å². The number of benzene rings is 1. The summed E-state index contributed by atoms with van der Waals surface area (Å²) in [6, 6.07) is 3.87. The number of carboxylic acids is 1. The Bertz CT molecular complexity index is 301. The number of nitrogen functional groups attached to an aromatic ring is 1. The van der Waals surface area contributed by atoms with E-state index in [9.17, 15) is 4.79 Å². The van der Waals surface area contributed by atoms with E-state index in [0.29, 0.717) is 5.69 Å². The fourth-order valence-electron chi connectivity index (χ4n) is 0.730.